The number of para-hydroxylation sites is 1. The molecule has 0 saturated carbocycles. The summed E-state index contributed by atoms with van der Waals surface area (Å²) in [5, 5.41) is 0. The highest BCUT2D eigenvalue weighted by Crippen LogP contribution is 2.31. The van der Waals surface area contributed by atoms with Gasteiger partial charge in [0.05, 0.1) is 0 Å². The minimum absolute atomic E-state index is 0.239. The van der Waals surface area contributed by atoms with Crippen molar-refractivity contribution in [2.45, 2.75) is 0 Å². The van der Waals surface area contributed by atoms with Gasteiger partial charge in [0.25, 0.3) is 0 Å². The Bertz CT molecular complexity index is 550. The minimum atomic E-state index is 0.239. The first kappa shape index (κ1) is 13.8. The van der Waals surface area contributed by atoms with Crippen LogP contribution in [0, 0.1) is 0 Å². The zero-order chi connectivity index (χ0) is 13.5. The summed E-state index contributed by atoms with van der Waals surface area (Å²) in [6, 6.07) is 18.0. The molecule has 2 aromatic carbocycles. The molecule has 0 saturated heterocycles. The number of rotatable bonds is 5. The van der Waals surface area contributed by atoms with Gasteiger partial charge in [0.1, 0.15) is 5.75 Å². The van der Waals surface area contributed by atoms with Crippen LogP contribution >= 0.6 is 15.9 Å². The summed E-state index contributed by atoms with van der Waals surface area (Å²) in [6.07, 6.45) is 2.06. The van der Waals surface area contributed by atoms with Gasteiger partial charge in [0.2, 0.25) is 0 Å². The predicted octanol–water partition coefficient (Wildman–Crippen LogP) is 4.56. The highest BCUT2D eigenvalue weighted by atomic mass is 79.9. The largest absolute Gasteiger partial charge is 0.467 e. The molecule has 0 unspecified atom stereocenters. The van der Waals surface area contributed by atoms with Crippen LogP contribution in [0.15, 0.2) is 54.6 Å². The Kier molecular flexibility index (Phi) is 5.19. The maximum absolute atomic E-state index is 5.55. The summed E-state index contributed by atoms with van der Waals surface area (Å²) < 4.78 is 11.5. The molecule has 98 valence electrons. The molecule has 0 aliphatic rings. The molecular weight excluding hydrogens is 304 g/mol. The van der Waals surface area contributed by atoms with E-state index in [9.17, 15) is 0 Å². The van der Waals surface area contributed by atoms with Crippen molar-refractivity contribution in [3.05, 3.63) is 65.7 Å². The first-order valence-corrected chi connectivity index (χ1v) is 6.74. The second-order valence-corrected chi connectivity index (χ2v) is 4.80. The van der Waals surface area contributed by atoms with Crippen molar-refractivity contribution in [2.75, 3.05) is 13.9 Å². The molecule has 0 N–H and O–H groups in total. The van der Waals surface area contributed by atoms with Gasteiger partial charge in [-0.25, -0.2) is 0 Å². The van der Waals surface area contributed by atoms with Crippen LogP contribution in [-0.4, -0.2) is 13.9 Å². The topological polar surface area (TPSA) is 18.5 Å². The molecule has 3 heteroatoms. The van der Waals surface area contributed by atoms with Gasteiger partial charge in [-0.05, 0) is 17.7 Å². The van der Waals surface area contributed by atoms with E-state index >= 15 is 0 Å². The van der Waals surface area contributed by atoms with E-state index in [-0.39, 0.29) is 6.79 Å². The van der Waals surface area contributed by atoms with Crippen LogP contribution in [0.2, 0.25) is 0 Å². The van der Waals surface area contributed by atoms with Crippen LogP contribution < -0.4 is 4.74 Å². The van der Waals surface area contributed by atoms with Gasteiger partial charge in [-0.2, -0.15) is 0 Å². The van der Waals surface area contributed by atoms with E-state index in [0.29, 0.717) is 0 Å². The molecule has 0 heterocycles. The lowest BCUT2D eigenvalue weighted by atomic mass is 10.1. The highest BCUT2D eigenvalue weighted by molar-refractivity contribution is 9.15. The number of halogens is 1. The normalized spacial score (nSPS) is 11.4. The fourth-order valence-electron chi connectivity index (χ4n) is 1.69. The van der Waals surface area contributed by atoms with Gasteiger partial charge in [-0.15, -0.1) is 0 Å². The maximum Gasteiger partial charge on any atom is 0.188 e. The molecule has 19 heavy (non-hydrogen) atoms. The van der Waals surface area contributed by atoms with E-state index in [1.165, 1.54) is 0 Å². The number of methoxy groups -OCH3 is 1. The highest BCUT2D eigenvalue weighted by Gasteiger charge is 2.06. The third kappa shape index (κ3) is 3.94. The first-order valence-electron chi connectivity index (χ1n) is 5.94. The van der Waals surface area contributed by atoms with E-state index in [1.54, 1.807) is 7.11 Å². The standard InChI is InChI=1S/C16H15BrO2/c1-18-12-19-16-10-6-5-9-14(16)15(17)11-13-7-3-2-4-8-13/h2-11H,12H2,1H3/b15-11-. The third-order valence-corrected chi connectivity index (χ3v) is 3.23. The van der Waals surface area contributed by atoms with Crippen LogP contribution in [-0.2, 0) is 4.74 Å². The fourth-order valence-corrected chi connectivity index (χ4v) is 2.28. The van der Waals surface area contributed by atoms with Crippen molar-refractivity contribution in [1.29, 1.82) is 0 Å². The Morgan fingerprint density at radius 3 is 2.47 bits per heavy atom. The minimum Gasteiger partial charge on any atom is -0.467 e. The molecule has 0 atom stereocenters. The number of benzene rings is 2. The van der Waals surface area contributed by atoms with E-state index in [1.807, 2.05) is 42.5 Å². The Labute approximate surface area is 121 Å². The van der Waals surface area contributed by atoms with Crippen LogP contribution in [0.5, 0.6) is 5.75 Å². The molecule has 0 bridgehead atoms. The van der Waals surface area contributed by atoms with E-state index in [4.69, 9.17) is 9.47 Å². The fraction of sp³-hybridized carbons (Fsp3) is 0.125. The van der Waals surface area contributed by atoms with Crippen molar-refractivity contribution < 1.29 is 9.47 Å². The SMILES string of the molecule is COCOc1ccccc1/C(Br)=C/c1ccccc1. The monoisotopic (exact) mass is 318 g/mol. The summed E-state index contributed by atoms with van der Waals surface area (Å²) >= 11 is 3.61. The molecular formula is C16H15BrO2. The van der Waals surface area contributed by atoms with Crippen molar-refractivity contribution >= 4 is 26.5 Å². The Hall–Kier alpha value is -1.58. The van der Waals surface area contributed by atoms with Crippen molar-refractivity contribution in [3.63, 3.8) is 0 Å². The lowest BCUT2D eigenvalue weighted by molar-refractivity contribution is 0.0509. The van der Waals surface area contributed by atoms with Crippen LogP contribution in [0.3, 0.4) is 0 Å². The summed E-state index contributed by atoms with van der Waals surface area (Å²) in [6.45, 7) is 0.239. The Morgan fingerprint density at radius 2 is 1.74 bits per heavy atom. The van der Waals surface area contributed by atoms with Crippen LogP contribution in [0.25, 0.3) is 10.6 Å². The Morgan fingerprint density at radius 1 is 1.05 bits per heavy atom. The van der Waals surface area contributed by atoms with E-state index in [2.05, 4.69) is 34.1 Å². The number of ether oxygens (including phenoxy) is 2. The maximum atomic E-state index is 5.55. The zero-order valence-corrected chi connectivity index (χ0v) is 12.3. The molecule has 0 fully saturated rings. The van der Waals surface area contributed by atoms with Crippen molar-refractivity contribution in [3.8, 4) is 5.75 Å². The van der Waals surface area contributed by atoms with Gasteiger partial charge in [-0.1, -0.05) is 64.5 Å². The summed E-state index contributed by atoms with van der Waals surface area (Å²) in [4.78, 5) is 0. The molecule has 0 spiro atoms. The number of hydrogen-bond acceptors (Lipinski definition) is 2. The molecule has 0 radical (unpaired) electrons. The second kappa shape index (κ2) is 7.12. The number of hydrogen-bond donors (Lipinski definition) is 0. The van der Waals surface area contributed by atoms with Crippen molar-refractivity contribution in [1.82, 2.24) is 0 Å². The van der Waals surface area contributed by atoms with Crippen LogP contribution in [0.4, 0.5) is 0 Å². The van der Waals surface area contributed by atoms with Gasteiger partial charge < -0.3 is 9.47 Å². The van der Waals surface area contributed by atoms with E-state index < -0.39 is 0 Å². The van der Waals surface area contributed by atoms with Gasteiger partial charge in [0.15, 0.2) is 6.79 Å². The van der Waals surface area contributed by atoms with Gasteiger partial charge >= 0.3 is 0 Å². The quantitative estimate of drug-likeness (QED) is 0.594. The summed E-state index contributed by atoms with van der Waals surface area (Å²) in [5.41, 5.74) is 2.14. The Balaban J connectivity index is 2.28. The summed E-state index contributed by atoms with van der Waals surface area (Å²) in [5.74, 6) is 0.795. The molecule has 0 aliphatic carbocycles. The average molecular weight is 319 g/mol. The average Bonchev–Trinajstić information content (AvgIpc) is 2.46. The molecule has 0 amide bonds. The van der Waals surface area contributed by atoms with Crippen molar-refractivity contribution in [2.24, 2.45) is 0 Å². The molecule has 0 aromatic heterocycles. The zero-order valence-electron chi connectivity index (χ0n) is 10.7. The van der Waals surface area contributed by atoms with Gasteiger partial charge in [0, 0.05) is 17.2 Å². The van der Waals surface area contributed by atoms with Gasteiger partial charge in [-0.3, -0.25) is 0 Å². The predicted molar refractivity (Wildman–Crippen MR) is 82.2 cm³/mol. The first-order chi connectivity index (χ1) is 9.31. The lowest BCUT2D eigenvalue weighted by Crippen LogP contribution is -2.00. The summed E-state index contributed by atoms with van der Waals surface area (Å²) in [7, 11) is 1.61. The smallest absolute Gasteiger partial charge is 0.188 e. The second-order valence-electron chi connectivity index (χ2n) is 3.95. The molecule has 2 aromatic rings. The van der Waals surface area contributed by atoms with E-state index in [0.717, 1.165) is 21.4 Å². The molecule has 0 aliphatic heterocycles. The lowest BCUT2D eigenvalue weighted by Gasteiger charge is -2.10. The molecule has 2 nitrogen and oxygen atoms in total. The third-order valence-electron chi connectivity index (χ3n) is 2.57. The molecule has 2 rings (SSSR count). The van der Waals surface area contributed by atoms with Crippen LogP contribution in [0.1, 0.15) is 11.1 Å².